The molecule has 2 unspecified atom stereocenters. The fourth-order valence-electron chi connectivity index (χ4n) is 4.96. The number of halogens is 1. The normalized spacial score (nSPS) is 24.9. The van der Waals surface area contributed by atoms with Gasteiger partial charge in [0.25, 0.3) is 0 Å². The van der Waals surface area contributed by atoms with Crippen molar-refractivity contribution in [3.05, 3.63) is 29.1 Å². The summed E-state index contributed by atoms with van der Waals surface area (Å²) in [6, 6.07) is 2.89. The van der Waals surface area contributed by atoms with E-state index in [1.807, 2.05) is 16.7 Å². The summed E-state index contributed by atoms with van der Waals surface area (Å²) >= 11 is 0. The van der Waals surface area contributed by atoms with Crippen molar-refractivity contribution >= 4 is 17.5 Å². The number of nitrogens with zero attached hydrogens (tertiary/aromatic N) is 3. The van der Waals surface area contributed by atoms with Crippen LogP contribution in [0.15, 0.2) is 12.1 Å². The van der Waals surface area contributed by atoms with Crippen LogP contribution in [0.2, 0.25) is 0 Å². The first kappa shape index (κ1) is 20.1. The number of nitrogens with one attached hydrogen (secondary N) is 1. The standard InChI is InChI=1S/C22H31FN4O2/c1-15-5-6-19(23)18-12-20(24-21(15)18)22(29)27-7-3-4-17(14-27)13-25-8-10-26(11-9-25)16(2)28/h5-6,17,20,24H,3-4,7-14H2,1-2H3. The van der Waals surface area contributed by atoms with Crippen LogP contribution in [0.1, 0.15) is 30.9 Å². The van der Waals surface area contributed by atoms with Gasteiger partial charge in [0, 0.05) is 70.4 Å². The maximum absolute atomic E-state index is 14.2. The van der Waals surface area contributed by atoms with Crippen LogP contribution in [0.4, 0.5) is 10.1 Å². The summed E-state index contributed by atoms with van der Waals surface area (Å²) in [7, 11) is 0. The summed E-state index contributed by atoms with van der Waals surface area (Å²) in [5, 5.41) is 3.27. The molecule has 0 aromatic heterocycles. The molecular weight excluding hydrogens is 371 g/mol. The predicted octanol–water partition coefficient (Wildman–Crippen LogP) is 1.87. The SMILES string of the molecule is CC(=O)N1CCN(CC2CCCN(C(=O)C3Cc4c(F)ccc(C)c4N3)C2)CC1. The molecule has 2 saturated heterocycles. The number of anilines is 1. The third-order valence-electron chi connectivity index (χ3n) is 6.65. The van der Waals surface area contributed by atoms with Crippen molar-refractivity contribution < 1.29 is 14.0 Å². The summed E-state index contributed by atoms with van der Waals surface area (Å²) < 4.78 is 14.2. The van der Waals surface area contributed by atoms with Gasteiger partial charge in [0.1, 0.15) is 11.9 Å². The van der Waals surface area contributed by atoms with Crippen molar-refractivity contribution in [2.75, 3.05) is 51.1 Å². The Labute approximate surface area is 172 Å². The van der Waals surface area contributed by atoms with Crippen LogP contribution in [-0.2, 0) is 16.0 Å². The van der Waals surface area contributed by atoms with Gasteiger partial charge >= 0.3 is 0 Å². The van der Waals surface area contributed by atoms with E-state index in [1.54, 1.807) is 13.0 Å². The predicted molar refractivity (Wildman–Crippen MR) is 110 cm³/mol. The highest BCUT2D eigenvalue weighted by molar-refractivity contribution is 5.88. The lowest BCUT2D eigenvalue weighted by molar-refractivity contribution is -0.134. The maximum Gasteiger partial charge on any atom is 0.245 e. The topological polar surface area (TPSA) is 55.9 Å². The molecule has 0 bridgehead atoms. The van der Waals surface area contributed by atoms with Gasteiger partial charge in [0.05, 0.1) is 0 Å². The average molecular weight is 403 g/mol. The Morgan fingerprint density at radius 2 is 1.90 bits per heavy atom. The third-order valence-corrected chi connectivity index (χ3v) is 6.65. The molecule has 6 nitrogen and oxygen atoms in total. The molecule has 1 N–H and O–H groups in total. The van der Waals surface area contributed by atoms with Crippen LogP contribution in [0.3, 0.4) is 0 Å². The molecule has 0 radical (unpaired) electrons. The van der Waals surface area contributed by atoms with E-state index in [-0.39, 0.29) is 23.7 Å². The lowest BCUT2D eigenvalue weighted by atomic mass is 9.96. The average Bonchev–Trinajstić information content (AvgIpc) is 3.18. The zero-order chi connectivity index (χ0) is 20.5. The van der Waals surface area contributed by atoms with E-state index in [4.69, 9.17) is 0 Å². The Bertz CT molecular complexity index is 760. The Balaban J connectivity index is 1.32. The number of aryl methyl sites for hydroxylation is 1. The Morgan fingerprint density at radius 1 is 1.14 bits per heavy atom. The smallest absolute Gasteiger partial charge is 0.245 e. The number of hydrogen-bond donors (Lipinski definition) is 1. The summed E-state index contributed by atoms with van der Waals surface area (Å²) in [4.78, 5) is 30.9. The highest BCUT2D eigenvalue weighted by atomic mass is 19.1. The molecule has 7 heteroatoms. The van der Waals surface area contributed by atoms with Gasteiger partial charge in [-0.2, -0.15) is 0 Å². The van der Waals surface area contributed by atoms with Gasteiger partial charge in [-0.25, -0.2) is 4.39 Å². The summed E-state index contributed by atoms with van der Waals surface area (Å²) in [5.74, 6) is 0.468. The van der Waals surface area contributed by atoms with E-state index in [0.717, 1.165) is 69.9 Å². The highest BCUT2D eigenvalue weighted by Crippen LogP contribution is 2.32. The lowest BCUT2D eigenvalue weighted by Gasteiger charge is -2.39. The van der Waals surface area contributed by atoms with Crippen LogP contribution in [0, 0.1) is 18.7 Å². The number of hydrogen-bond acceptors (Lipinski definition) is 4. The van der Waals surface area contributed by atoms with E-state index in [0.29, 0.717) is 17.9 Å². The molecule has 3 heterocycles. The van der Waals surface area contributed by atoms with Crippen molar-refractivity contribution in [1.29, 1.82) is 0 Å². The van der Waals surface area contributed by atoms with E-state index >= 15 is 0 Å². The van der Waals surface area contributed by atoms with Crippen molar-refractivity contribution in [2.24, 2.45) is 5.92 Å². The number of likely N-dealkylation sites (tertiary alicyclic amines) is 1. The van der Waals surface area contributed by atoms with E-state index in [9.17, 15) is 14.0 Å². The van der Waals surface area contributed by atoms with E-state index in [2.05, 4.69) is 10.2 Å². The van der Waals surface area contributed by atoms with Crippen molar-refractivity contribution in [3.63, 3.8) is 0 Å². The Hall–Kier alpha value is -2.15. The van der Waals surface area contributed by atoms with Gasteiger partial charge < -0.3 is 15.1 Å². The molecule has 4 rings (SSSR count). The molecule has 1 aromatic rings. The molecule has 0 aliphatic carbocycles. The first-order valence-electron chi connectivity index (χ1n) is 10.7. The molecule has 2 atom stereocenters. The van der Waals surface area contributed by atoms with Crippen LogP contribution in [-0.4, -0.2) is 78.4 Å². The number of piperazine rings is 1. The number of carbonyl (C=O) groups excluding carboxylic acids is 2. The fourth-order valence-corrected chi connectivity index (χ4v) is 4.96. The lowest BCUT2D eigenvalue weighted by Crippen LogP contribution is -2.52. The van der Waals surface area contributed by atoms with Gasteiger partial charge in [-0.05, 0) is 37.3 Å². The summed E-state index contributed by atoms with van der Waals surface area (Å²) in [5.41, 5.74) is 2.42. The monoisotopic (exact) mass is 402 g/mol. The molecule has 158 valence electrons. The number of piperidine rings is 1. The van der Waals surface area contributed by atoms with Crippen LogP contribution in [0.5, 0.6) is 0 Å². The zero-order valence-corrected chi connectivity index (χ0v) is 17.4. The Kier molecular flexibility index (Phi) is 5.76. The van der Waals surface area contributed by atoms with Crippen LogP contribution >= 0.6 is 0 Å². The minimum atomic E-state index is -0.363. The van der Waals surface area contributed by atoms with Gasteiger partial charge in [0.15, 0.2) is 0 Å². The maximum atomic E-state index is 14.2. The zero-order valence-electron chi connectivity index (χ0n) is 17.4. The quantitative estimate of drug-likeness (QED) is 0.839. The van der Waals surface area contributed by atoms with Gasteiger partial charge in [0.2, 0.25) is 11.8 Å². The van der Waals surface area contributed by atoms with Gasteiger partial charge in [-0.3, -0.25) is 14.5 Å². The summed E-state index contributed by atoms with van der Waals surface area (Å²) in [6.45, 7) is 9.49. The van der Waals surface area contributed by atoms with Crippen LogP contribution < -0.4 is 5.32 Å². The van der Waals surface area contributed by atoms with Gasteiger partial charge in [-0.15, -0.1) is 0 Å². The molecule has 2 fully saturated rings. The number of carbonyl (C=O) groups is 2. The first-order chi connectivity index (χ1) is 13.9. The second kappa shape index (κ2) is 8.30. The van der Waals surface area contributed by atoms with Gasteiger partial charge in [-0.1, -0.05) is 6.07 Å². The number of amides is 2. The van der Waals surface area contributed by atoms with E-state index < -0.39 is 0 Å². The van der Waals surface area contributed by atoms with Crippen molar-refractivity contribution in [3.8, 4) is 0 Å². The minimum absolute atomic E-state index is 0.0890. The number of rotatable bonds is 3. The Morgan fingerprint density at radius 3 is 2.59 bits per heavy atom. The third kappa shape index (κ3) is 4.25. The fraction of sp³-hybridized carbons (Fsp3) is 0.636. The minimum Gasteiger partial charge on any atom is -0.373 e. The van der Waals surface area contributed by atoms with Crippen molar-refractivity contribution in [1.82, 2.24) is 14.7 Å². The molecule has 3 aliphatic rings. The molecule has 29 heavy (non-hydrogen) atoms. The second-order valence-corrected chi connectivity index (χ2v) is 8.72. The number of fused-ring (bicyclic) bond motifs is 1. The first-order valence-corrected chi connectivity index (χ1v) is 10.7. The van der Waals surface area contributed by atoms with Crippen molar-refractivity contribution in [2.45, 2.75) is 39.2 Å². The molecular formula is C22H31FN4O2. The molecule has 0 saturated carbocycles. The molecule has 3 aliphatic heterocycles. The molecule has 1 aromatic carbocycles. The number of benzene rings is 1. The van der Waals surface area contributed by atoms with E-state index in [1.165, 1.54) is 6.07 Å². The summed E-state index contributed by atoms with van der Waals surface area (Å²) in [6.07, 6.45) is 2.56. The highest BCUT2D eigenvalue weighted by Gasteiger charge is 2.35. The second-order valence-electron chi connectivity index (χ2n) is 8.72. The molecule has 0 spiro atoms. The molecule has 2 amide bonds. The van der Waals surface area contributed by atoms with Crippen LogP contribution in [0.25, 0.3) is 0 Å². The largest absolute Gasteiger partial charge is 0.373 e.